The lowest BCUT2D eigenvalue weighted by atomic mass is 9.97. The Balaban J connectivity index is 2.64. The molecular weight excluding hydrogens is 179 g/mol. The summed E-state index contributed by atoms with van der Waals surface area (Å²) in [5.74, 6) is -0.316. The van der Waals surface area contributed by atoms with Crippen molar-refractivity contribution in [2.75, 3.05) is 0 Å². The van der Waals surface area contributed by atoms with Gasteiger partial charge in [-0.3, -0.25) is 4.79 Å². The molecule has 0 aliphatic rings. The van der Waals surface area contributed by atoms with Gasteiger partial charge in [-0.1, -0.05) is 25.6 Å². The summed E-state index contributed by atoms with van der Waals surface area (Å²) in [6.07, 6.45) is 1.96. The second-order valence-corrected chi connectivity index (χ2v) is 3.34. The molecule has 0 bridgehead atoms. The Labute approximate surface area is 83.3 Å². The highest BCUT2D eigenvalue weighted by molar-refractivity contribution is 5.91. The summed E-state index contributed by atoms with van der Waals surface area (Å²) < 4.78 is 12.6. The van der Waals surface area contributed by atoms with E-state index in [2.05, 4.69) is 6.58 Å². The lowest BCUT2D eigenvalue weighted by molar-refractivity contribution is -0.117. The van der Waals surface area contributed by atoms with Crippen LogP contribution in [0.5, 0.6) is 0 Å². The summed E-state index contributed by atoms with van der Waals surface area (Å²) in [7, 11) is 0. The third-order valence-electron chi connectivity index (χ3n) is 2.14. The van der Waals surface area contributed by atoms with Crippen LogP contribution in [0.2, 0.25) is 0 Å². The van der Waals surface area contributed by atoms with Gasteiger partial charge in [0.25, 0.3) is 0 Å². The highest BCUT2D eigenvalue weighted by Gasteiger charge is 2.09. The molecule has 0 saturated carbocycles. The van der Waals surface area contributed by atoms with Crippen molar-refractivity contribution in [3.05, 3.63) is 48.3 Å². The van der Waals surface area contributed by atoms with Crippen molar-refractivity contribution < 1.29 is 9.18 Å². The first kappa shape index (κ1) is 10.6. The van der Waals surface area contributed by atoms with E-state index in [0.717, 1.165) is 5.56 Å². The minimum absolute atomic E-state index is 0.0225. The lowest BCUT2D eigenvalue weighted by Crippen LogP contribution is -2.10. The van der Waals surface area contributed by atoms with Crippen LogP contribution in [0.25, 0.3) is 0 Å². The van der Waals surface area contributed by atoms with Crippen LogP contribution in [-0.2, 0) is 11.2 Å². The molecule has 1 unspecified atom stereocenters. The molecule has 2 heteroatoms. The van der Waals surface area contributed by atoms with Gasteiger partial charge in [-0.15, -0.1) is 0 Å². The van der Waals surface area contributed by atoms with Gasteiger partial charge in [0.1, 0.15) is 5.82 Å². The molecule has 1 nitrogen and oxygen atoms in total. The minimum Gasteiger partial charge on any atom is -0.295 e. The molecule has 74 valence electrons. The van der Waals surface area contributed by atoms with E-state index in [4.69, 9.17) is 0 Å². The number of halogens is 1. The molecule has 0 amide bonds. The third kappa shape index (κ3) is 2.80. The van der Waals surface area contributed by atoms with Gasteiger partial charge in [-0.25, -0.2) is 4.39 Å². The van der Waals surface area contributed by atoms with E-state index < -0.39 is 0 Å². The molecule has 0 saturated heterocycles. The summed E-state index contributed by atoms with van der Waals surface area (Å²) in [6, 6.07) is 6.20. The zero-order chi connectivity index (χ0) is 10.6. The van der Waals surface area contributed by atoms with Crippen molar-refractivity contribution in [2.24, 2.45) is 5.92 Å². The summed E-state index contributed by atoms with van der Waals surface area (Å²) in [5.41, 5.74) is 0.967. The van der Waals surface area contributed by atoms with E-state index in [0.29, 0.717) is 6.42 Å². The molecule has 0 aromatic heterocycles. The fourth-order valence-corrected chi connectivity index (χ4v) is 1.28. The molecule has 1 rings (SSSR count). The smallest absolute Gasteiger partial charge is 0.158 e. The average Bonchev–Trinajstić information content (AvgIpc) is 2.20. The molecule has 0 aliphatic heterocycles. The van der Waals surface area contributed by atoms with Gasteiger partial charge in [0.05, 0.1) is 0 Å². The molecule has 14 heavy (non-hydrogen) atoms. The van der Waals surface area contributed by atoms with Crippen molar-refractivity contribution >= 4 is 5.78 Å². The number of benzene rings is 1. The maximum atomic E-state index is 12.6. The van der Waals surface area contributed by atoms with Crippen LogP contribution in [0.3, 0.4) is 0 Å². The fraction of sp³-hybridized carbons (Fsp3) is 0.250. The Morgan fingerprint density at radius 1 is 1.50 bits per heavy atom. The third-order valence-corrected chi connectivity index (χ3v) is 2.14. The average molecular weight is 192 g/mol. The SMILES string of the molecule is C=CC(=O)C(C)Cc1ccc(F)cc1. The second kappa shape index (κ2) is 4.70. The predicted molar refractivity (Wildman–Crippen MR) is 54.5 cm³/mol. The Morgan fingerprint density at radius 3 is 2.57 bits per heavy atom. The number of rotatable bonds is 4. The number of carbonyl (C=O) groups excluding carboxylic acids is 1. The van der Waals surface area contributed by atoms with Crippen LogP contribution in [-0.4, -0.2) is 5.78 Å². The molecule has 0 heterocycles. The van der Waals surface area contributed by atoms with Gasteiger partial charge in [0.15, 0.2) is 5.78 Å². The first-order valence-electron chi connectivity index (χ1n) is 4.54. The van der Waals surface area contributed by atoms with Gasteiger partial charge >= 0.3 is 0 Å². The summed E-state index contributed by atoms with van der Waals surface area (Å²) in [4.78, 5) is 11.2. The number of ketones is 1. The highest BCUT2D eigenvalue weighted by atomic mass is 19.1. The molecular formula is C12H13FO. The zero-order valence-electron chi connectivity index (χ0n) is 8.16. The van der Waals surface area contributed by atoms with E-state index in [-0.39, 0.29) is 17.5 Å². The molecule has 0 radical (unpaired) electrons. The molecule has 0 fully saturated rings. The monoisotopic (exact) mass is 192 g/mol. The van der Waals surface area contributed by atoms with E-state index in [1.807, 2.05) is 6.92 Å². The Bertz CT molecular complexity index is 327. The minimum atomic E-state index is -0.253. The standard InChI is InChI=1S/C12H13FO/c1-3-12(14)9(2)8-10-4-6-11(13)7-5-10/h3-7,9H,1,8H2,2H3. The lowest BCUT2D eigenvalue weighted by Gasteiger charge is -2.07. The predicted octanol–water partition coefficient (Wildman–Crippen LogP) is 2.76. The van der Waals surface area contributed by atoms with E-state index in [1.165, 1.54) is 18.2 Å². The Morgan fingerprint density at radius 2 is 2.07 bits per heavy atom. The van der Waals surface area contributed by atoms with Crippen molar-refractivity contribution in [1.82, 2.24) is 0 Å². The van der Waals surface area contributed by atoms with Crippen molar-refractivity contribution in [2.45, 2.75) is 13.3 Å². The van der Waals surface area contributed by atoms with Gasteiger partial charge in [0.2, 0.25) is 0 Å². The molecule has 1 aromatic carbocycles. The molecule has 0 aliphatic carbocycles. The van der Waals surface area contributed by atoms with Crippen LogP contribution in [0, 0.1) is 11.7 Å². The van der Waals surface area contributed by atoms with Gasteiger partial charge in [-0.05, 0) is 30.2 Å². The van der Waals surface area contributed by atoms with Gasteiger partial charge in [-0.2, -0.15) is 0 Å². The van der Waals surface area contributed by atoms with Crippen LogP contribution >= 0.6 is 0 Å². The van der Waals surface area contributed by atoms with Gasteiger partial charge < -0.3 is 0 Å². The molecule has 0 spiro atoms. The number of hydrogen-bond donors (Lipinski definition) is 0. The molecule has 0 N–H and O–H groups in total. The summed E-state index contributed by atoms with van der Waals surface area (Å²) >= 11 is 0. The first-order chi connectivity index (χ1) is 6.63. The number of hydrogen-bond acceptors (Lipinski definition) is 1. The quantitative estimate of drug-likeness (QED) is 0.670. The first-order valence-corrected chi connectivity index (χ1v) is 4.54. The maximum Gasteiger partial charge on any atom is 0.158 e. The highest BCUT2D eigenvalue weighted by Crippen LogP contribution is 2.10. The van der Waals surface area contributed by atoms with Crippen LogP contribution < -0.4 is 0 Å². The van der Waals surface area contributed by atoms with Crippen LogP contribution in [0.15, 0.2) is 36.9 Å². The largest absolute Gasteiger partial charge is 0.295 e. The van der Waals surface area contributed by atoms with E-state index in [1.54, 1.807) is 12.1 Å². The number of allylic oxidation sites excluding steroid dienone is 1. The second-order valence-electron chi connectivity index (χ2n) is 3.34. The zero-order valence-corrected chi connectivity index (χ0v) is 8.16. The number of carbonyl (C=O) groups is 1. The Hall–Kier alpha value is -1.44. The normalized spacial score (nSPS) is 12.1. The molecule has 1 aromatic rings. The maximum absolute atomic E-state index is 12.6. The Kier molecular flexibility index (Phi) is 3.57. The topological polar surface area (TPSA) is 17.1 Å². The van der Waals surface area contributed by atoms with Gasteiger partial charge in [0, 0.05) is 5.92 Å². The van der Waals surface area contributed by atoms with Crippen LogP contribution in [0.4, 0.5) is 4.39 Å². The van der Waals surface area contributed by atoms with Crippen molar-refractivity contribution in [1.29, 1.82) is 0 Å². The summed E-state index contributed by atoms with van der Waals surface area (Å²) in [6.45, 7) is 5.27. The van der Waals surface area contributed by atoms with E-state index >= 15 is 0 Å². The van der Waals surface area contributed by atoms with Crippen molar-refractivity contribution in [3.63, 3.8) is 0 Å². The van der Waals surface area contributed by atoms with E-state index in [9.17, 15) is 9.18 Å². The molecule has 1 atom stereocenters. The van der Waals surface area contributed by atoms with Crippen molar-refractivity contribution in [3.8, 4) is 0 Å². The van der Waals surface area contributed by atoms with Crippen LogP contribution in [0.1, 0.15) is 12.5 Å². The fourth-order valence-electron chi connectivity index (χ4n) is 1.28. The summed E-state index contributed by atoms with van der Waals surface area (Å²) in [5, 5.41) is 0.